The number of carbonyl (C=O) groups excluding carboxylic acids is 3. The number of hydrogen-bond acceptors (Lipinski definition) is 6. The summed E-state index contributed by atoms with van der Waals surface area (Å²) in [4.78, 5) is 41.5. The van der Waals surface area contributed by atoms with E-state index < -0.39 is 36.4 Å². The molecular formula is C24H26N4O5. The topological polar surface area (TPSA) is 122 Å². The number of rotatable bonds is 5. The molecule has 2 aromatic rings. The Hall–Kier alpha value is -3.27. The molecule has 3 heterocycles. The first-order valence-corrected chi connectivity index (χ1v) is 11.1. The molecule has 0 aromatic heterocycles. The van der Waals surface area contributed by atoms with Gasteiger partial charge in [0.15, 0.2) is 0 Å². The zero-order valence-electron chi connectivity index (χ0n) is 18.1. The van der Waals surface area contributed by atoms with Crippen molar-refractivity contribution in [3.8, 4) is 0 Å². The number of likely N-dealkylation sites (tertiary alicyclic amines) is 1. The van der Waals surface area contributed by atoms with Gasteiger partial charge in [0, 0.05) is 29.9 Å². The summed E-state index contributed by atoms with van der Waals surface area (Å²) in [5.74, 6) is -0.952. The Labute approximate surface area is 191 Å². The van der Waals surface area contributed by atoms with E-state index in [4.69, 9.17) is 0 Å². The van der Waals surface area contributed by atoms with Crippen molar-refractivity contribution < 1.29 is 24.6 Å². The molecule has 1 saturated heterocycles. The van der Waals surface area contributed by atoms with Gasteiger partial charge in [-0.15, -0.1) is 0 Å². The van der Waals surface area contributed by atoms with Crippen LogP contribution in [0.5, 0.6) is 0 Å². The molecule has 9 heteroatoms. The Balaban J connectivity index is 1.31. The van der Waals surface area contributed by atoms with E-state index in [1.807, 2.05) is 12.1 Å². The summed E-state index contributed by atoms with van der Waals surface area (Å²) in [6.45, 7) is 2.19. The van der Waals surface area contributed by atoms with E-state index in [9.17, 15) is 24.6 Å². The van der Waals surface area contributed by atoms with E-state index in [-0.39, 0.29) is 24.8 Å². The zero-order valence-corrected chi connectivity index (χ0v) is 18.1. The summed E-state index contributed by atoms with van der Waals surface area (Å²) in [6, 6.07) is 12.2. The van der Waals surface area contributed by atoms with Crippen LogP contribution in [0.4, 0.5) is 5.69 Å². The lowest BCUT2D eigenvalue weighted by Crippen LogP contribution is -2.55. The average molecular weight is 450 g/mol. The van der Waals surface area contributed by atoms with E-state index in [1.54, 1.807) is 48.2 Å². The molecule has 172 valence electrons. The summed E-state index contributed by atoms with van der Waals surface area (Å²) < 4.78 is 0. The first-order valence-electron chi connectivity index (χ1n) is 11.1. The summed E-state index contributed by atoms with van der Waals surface area (Å²) in [7, 11) is 0. The standard InChI is InChI=1S/C24H26N4O5/c1-13(27-11-14-6-2-3-7-16(14)24(27)33)23(32)28-12-15(29)10-19(28)21(30)26-20-17-8-4-5-9-18(17)25-22(20)31/h2-9,13,15,19-20,23,29,32H,10-12H2,1H3,(H,25,31)(H,26,30)/t13-,15+,19-,20?,23?/m0/s1. The number of benzene rings is 2. The van der Waals surface area contributed by atoms with Crippen LogP contribution >= 0.6 is 0 Å². The third-order valence-electron chi connectivity index (χ3n) is 6.81. The minimum atomic E-state index is -1.17. The highest BCUT2D eigenvalue weighted by Crippen LogP contribution is 2.32. The van der Waals surface area contributed by atoms with Crippen LogP contribution in [0.1, 0.15) is 40.9 Å². The summed E-state index contributed by atoms with van der Waals surface area (Å²) >= 11 is 0. The van der Waals surface area contributed by atoms with Gasteiger partial charge in [-0.25, -0.2) is 0 Å². The molecule has 3 aliphatic rings. The first-order chi connectivity index (χ1) is 15.8. The van der Waals surface area contributed by atoms with Gasteiger partial charge in [0.25, 0.3) is 11.8 Å². The molecule has 4 N–H and O–H groups in total. The van der Waals surface area contributed by atoms with Crippen molar-refractivity contribution in [3.05, 3.63) is 65.2 Å². The lowest BCUT2D eigenvalue weighted by atomic mass is 10.1. The monoisotopic (exact) mass is 450 g/mol. The van der Waals surface area contributed by atoms with Crippen molar-refractivity contribution in [3.63, 3.8) is 0 Å². The summed E-state index contributed by atoms with van der Waals surface area (Å²) in [5, 5.41) is 26.9. The number of carbonyl (C=O) groups is 3. The van der Waals surface area contributed by atoms with Crippen molar-refractivity contribution in [2.75, 3.05) is 11.9 Å². The summed E-state index contributed by atoms with van der Waals surface area (Å²) in [6.07, 6.45) is -1.85. The fourth-order valence-corrected chi connectivity index (χ4v) is 5.02. The smallest absolute Gasteiger partial charge is 0.254 e. The van der Waals surface area contributed by atoms with Crippen molar-refractivity contribution in [2.24, 2.45) is 0 Å². The molecular weight excluding hydrogens is 424 g/mol. The van der Waals surface area contributed by atoms with Crippen LogP contribution in [0, 0.1) is 0 Å². The van der Waals surface area contributed by atoms with Gasteiger partial charge in [0.2, 0.25) is 5.91 Å². The molecule has 5 atom stereocenters. The third-order valence-corrected chi connectivity index (χ3v) is 6.81. The van der Waals surface area contributed by atoms with E-state index in [1.165, 1.54) is 4.90 Å². The number of anilines is 1. The van der Waals surface area contributed by atoms with Crippen molar-refractivity contribution in [1.29, 1.82) is 0 Å². The maximum absolute atomic E-state index is 13.2. The van der Waals surface area contributed by atoms with Crippen molar-refractivity contribution in [2.45, 2.75) is 50.3 Å². The van der Waals surface area contributed by atoms with Gasteiger partial charge < -0.3 is 25.7 Å². The number of aliphatic hydroxyl groups is 2. The van der Waals surface area contributed by atoms with Gasteiger partial charge in [0.1, 0.15) is 12.3 Å². The maximum atomic E-state index is 13.2. The third kappa shape index (κ3) is 3.68. The van der Waals surface area contributed by atoms with Gasteiger partial charge in [-0.05, 0) is 31.0 Å². The molecule has 0 radical (unpaired) electrons. The molecule has 0 saturated carbocycles. The fourth-order valence-electron chi connectivity index (χ4n) is 5.02. The van der Waals surface area contributed by atoms with Crippen molar-refractivity contribution >= 4 is 23.4 Å². The Kier molecular flexibility index (Phi) is 5.40. The number of hydrogen-bond donors (Lipinski definition) is 4. The van der Waals surface area contributed by atoms with Gasteiger partial charge in [-0.1, -0.05) is 36.4 Å². The van der Waals surface area contributed by atoms with Crippen LogP contribution in [0.15, 0.2) is 48.5 Å². The molecule has 9 nitrogen and oxygen atoms in total. The Morgan fingerprint density at radius 3 is 2.67 bits per heavy atom. The molecule has 33 heavy (non-hydrogen) atoms. The van der Waals surface area contributed by atoms with Crippen LogP contribution in [0.3, 0.4) is 0 Å². The van der Waals surface area contributed by atoms with Crippen LogP contribution in [0.25, 0.3) is 0 Å². The van der Waals surface area contributed by atoms with E-state index in [0.717, 1.165) is 5.56 Å². The van der Waals surface area contributed by atoms with Crippen LogP contribution < -0.4 is 10.6 Å². The number of aliphatic hydroxyl groups excluding tert-OH is 2. The van der Waals surface area contributed by atoms with E-state index in [2.05, 4.69) is 10.6 Å². The normalized spacial score (nSPS) is 26.0. The number of para-hydroxylation sites is 1. The Bertz CT molecular complexity index is 1120. The van der Waals surface area contributed by atoms with Gasteiger partial charge in [0.05, 0.1) is 18.2 Å². The minimum Gasteiger partial charge on any atom is -0.392 e. The number of nitrogens with one attached hydrogen (secondary N) is 2. The van der Waals surface area contributed by atoms with Crippen LogP contribution in [0.2, 0.25) is 0 Å². The molecule has 0 spiro atoms. The molecule has 1 fully saturated rings. The lowest BCUT2D eigenvalue weighted by Gasteiger charge is -2.36. The Morgan fingerprint density at radius 2 is 1.88 bits per heavy atom. The second-order valence-electron chi connectivity index (χ2n) is 8.86. The van der Waals surface area contributed by atoms with E-state index >= 15 is 0 Å². The van der Waals surface area contributed by atoms with Crippen LogP contribution in [-0.2, 0) is 16.1 Å². The predicted molar refractivity (Wildman–Crippen MR) is 119 cm³/mol. The minimum absolute atomic E-state index is 0.0893. The Morgan fingerprint density at radius 1 is 1.15 bits per heavy atom. The van der Waals surface area contributed by atoms with Gasteiger partial charge >= 0.3 is 0 Å². The number of nitrogens with zero attached hydrogens (tertiary/aromatic N) is 2. The maximum Gasteiger partial charge on any atom is 0.254 e. The first kappa shape index (κ1) is 21.6. The second kappa shape index (κ2) is 8.26. The van der Waals surface area contributed by atoms with Gasteiger partial charge in [-0.3, -0.25) is 19.3 Å². The highest BCUT2D eigenvalue weighted by Gasteiger charge is 2.45. The van der Waals surface area contributed by atoms with Gasteiger partial charge in [-0.2, -0.15) is 0 Å². The molecule has 0 aliphatic carbocycles. The second-order valence-corrected chi connectivity index (χ2v) is 8.86. The number of β-amino-alcohol motifs (C(OH)–C–C–N with tert-alkyl or cyclic N) is 1. The van der Waals surface area contributed by atoms with Crippen molar-refractivity contribution in [1.82, 2.24) is 15.1 Å². The highest BCUT2D eigenvalue weighted by atomic mass is 16.3. The average Bonchev–Trinajstić information content (AvgIpc) is 3.46. The van der Waals surface area contributed by atoms with E-state index in [0.29, 0.717) is 23.4 Å². The molecule has 5 rings (SSSR count). The number of fused-ring (bicyclic) bond motifs is 2. The zero-order chi connectivity index (χ0) is 23.3. The molecule has 2 aromatic carbocycles. The predicted octanol–water partition coefficient (Wildman–Crippen LogP) is 0.594. The fraction of sp³-hybridized carbons (Fsp3) is 0.375. The molecule has 0 bridgehead atoms. The molecule has 2 unspecified atom stereocenters. The lowest BCUT2D eigenvalue weighted by molar-refractivity contribution is -0.134. The SMILES string of the molecule is C[C@@H](C(O)N1C[C@H](O)C[C@H]1C(=O)NC1C(=O)Nc2ccccc21)N1Cc2ccccc2C1=O. The highest BCUT2D eigenvalue weighted by molar-refractivity contribution is 6.04. The molecule has 3 amide bonds. The summed E-state index contributed by atoms with van der Waals surface area (Å²) in [5.41, 5.74) is 2.83. The number of amides is 3. The largest absolute Gasteiger partial charge is 0.392 e. The molecule has 3 aliphatic heterocycles. The van der Waals surface area contributed by atoms with Crippen LogP contribution in [-0.4, -0.2) is 68.7 Å². The quantitative estimate of drug-likeness (QED) is 0.529.